The zero-order valence-corrected chi connectivity index (χ0v) is 15.2. The van der Waals surface area contributed by atoms with E-state index in [9.17, 15) is 5.11 Å². The van der Waals surface area contributed by atoms with Crippen molar-refractivity contribution in [1.82, 2.24) is 0 Å². The minimum absolute atomic E-state index is 0.132. The van der Waals surface area contributed by atoms with Crippen molar-refractivity contribution >= 4 is 23.5 Å². The third kappa shape index (κ3) is 3.77. The number of ether oxygens (including phenoxy) is 4. The molecule has 5 nitrogen and oxygen atoms in total. The summed E-state index contributed by atoms with van der Waals surface area (Å²) in [6, 6.07) is 0. The Balaban J connectivity index is 1.71. The molecule has 22 heavy (non-hydrogen) atoms. The maximum Gasteiger partial charge on any atom is 0.163 e. The van der Waals surface area contributed by atoms with Gasteiger partial charge in [-0.2, -0.15) is 0 Å². The first kappa shape index (κ1) is 17.3. The summed E-state index contributed by atoms with van der Waals surface area (Å²) in [6.07, 6.45) is -0.424. The summed E-state index contributed by atoms with van der Waals surface area (Å²) in [4.78, 5) is 0. The third-order valence-electron chi connectivity index (χ3n) is 4.03. The fourth-order valence-electron chi connectivity index (χ4n) is 3.08. The van der Waals surface area contributed by atoms with Crippen molar-refractivity contribution in [3.8, 4) is 0 Å². The second-order valence-corrected chi connectivity index (χ2v) is 9.68. The van der Waals surface area contributed by atoms with E-state index < -0.39 is 17.7 Å². The van der Waals surface area contributed by atoms with Crippen molar-refractivity contribution in [3.05, 3.63) is 0 Å². The van der Waals surface area contributed by atoms with Crippen molar-refractivity contribution in [2.75, 3.05) is 18.1 Å². The van der Waals surface area contributed by atoms with Gasteiger partial charge in [0, 0.05) is 0 Å². The van der Waals surface area contributed by atoms with Gasteiger partial charge >= 0.3 is 0 Å². The summed E-state index contributed by atoms with van der Waals surface area (Å²) in [5, 5.41) is 10.8. The predicted octanol–water partition coefficient (Wildman–Crippen LogP) is 2.22. The normalized spacial score (nSPS) is 40.0. The summed E-state index contributed by atoms with van der Waals surface area (Å²) < 4.78 is 23.8. The van der Waals surface area contributed by atoms with Crippen molar-refractivity contribution in [2.24, 2.45) is 0 Å². The Labute approximate surface area is 140 Å². The molecule has 3 saturated heterocycles. The SMILES string of the molecule is CC1(C)OC[C@H]([C@@H](O)[C@@H]2OC(C)(C)O[C@H]2C2SCCCS2)O1. The molecule has 0 aliphatic carbocycles. The lowest BCUT2D eigenvalue weighted by Gasteiger charge is -2.32. The van der Waals surface area contributed by atoms with Crippen LogP contribution < -0.4 is 0 Å². The van der Waals surface area contributed by atoms with Gasteiger partial charge in [-0.1, -0.05) is 0 Å². The van der Waals surface area contributed by atoms with Crippen LogP contribution in [-0.2, 0) is 18.9 Å². The molecule has 3 heterocycles. The van der Waals surface area contributed by atoms with Crippen LogP contribution in [0, 0.1) is 0 Å². The van der Waals surface area contributed by atoms with Crippen LogP contribution in [0.1, 0.15) is 34.1 Å². The highest BCUT2D eigenvalue weighted by molar-refractivity contribution is 8.17. The Morgan fingerprint density at radius 3 is 2.27 bits per heavy atom. The van der Waals surface area contributed by atoms with E-state index in [2.05, 4.69) is 0 Å². The standard InChI is InChI=1S/C15H26O5S2/c1-14(2)17-8-9(18-14)10(16)11-12(20-15(3,4)19-11)13-21-6-5-7-22-13/h9-13,16H,5-8H2,1-4H3/t9-,10-,11+,12-/m1/s1. The number of aliphatic hydroxyl groups excluding tert-OH is 1. The number of aliphatic hydroxyl groups is 1. The smallest absolute Gasteiger partial charge is 0.163 e. The van der Waals surface area contributed by atoms with E-state index >= 15 is 0 Å². The molecule has 0 unspecified atom stereocenters. The molecule has 0 saturated carbocycles. The van der Waals surface area contributed by atoms with Crippen LogP contribution in [0.3, 0.4) is 0 Å². The molecule has 0 amide bonds. The van der Waals surface area contributed by atoms with Gasteiger partial charge in [0.1, 0.15) is 24.4 Å². The molecule has 128 valence electrons. The van der Waals surface area contributed by atoms with Gasteiger partial charge in [-0.3, -0.25) is 0 Å². The first-order valence-electron chi connectivity index (χ1n) is 7.86. The van der Waals surface area contributed by atoms with Crippen LogP contribution in [0.5, 0.6) is 0 Å². The zero-order valence-electron chi connectivity index (χ0n) is 13.6. The first-order valence-corrected chi connectivity index (χ1v) is 9.96. The largest absolute Gasteiger partial charge is 0.387 e. The van der Waals surface area contributed by atoms with Crippen LogP contribution in [0.2, 0.25) is 0 Å². The molecule has 3 rings (SSSR count). The van der Waals surface area contributed by atoms with E-state index in [1.165, 1.54) is 6.42 Å². The summed E-state index contributed by atoms with van der Waals surface area (Å²) in [5.41, 5.74) is 0. The molecule has 3 fully saturated rings. The zero-order chi connectivity index (χ0) is 16.0. The van der Waals surface area contributed by atoms with Crippen molar-refractivity contribution in [2.45, 2.75) is 74.7 Å². The minimum Gasteiger partial charge on any atom is -0.387 e. The highest BCUT2D eigenvalue weighted by Crippen LogP contribution is 2.43. The molecule has 1 N–H and O–H groups in total. The fourth-order valence-corrected chi connectivity index (χ4v) is 6.11. The lowest BCUT2D eigenvalue weighted by Crippen LogP contribution is -2.47. The van der Waals surface area contributed by atoms with Gasteiger partial charge in [0.15, 0.2) is 11.6 Å². The molecule has 0 aromatic heterocycles. The highest BCUT2D eigenvalue weighted by Gasteiger charge is 2.52. The minimum atomic E-state index is -0.753. The second kappa shape index (κ2) is 6.43. The fraction of sp³-hybridized carbons (Fsp3) is 1.00. The summed E-state index contributed by atoms with van der Waals surface area (Å²) in [5.74, 6) is 0.946. The maximum atomic E-state index is 10.8. The molecular formula is C15H26O5S2. The summed E-state index contributed by atoms with van der Waals surface area (Å²) in [7, 11) is 0. The van der Waals surface area contributed by atoms with Crippen molar-refractivity contribution in [1.29, 1.82) is 0 Å². The third-order valence-corrected chi connectivity index (χ3v) is 7.09. The van der Waals surface area contributed by atoms with E-state index in [0.717, 1.165) is 11.5 Å². The molecule has 0 bridgehead atoms. The average Bonchev–Trinajstić information content (AvgIpc) is 2.98. The van der Waals surface area contributed by atoms with Gasteiger partial charge in [0.05, 0.1) is 11.2 Å². The van der Waals surface area contributed by atoms with Crippen LogP contribution >= 0.6 is 23.5 Å². The molecular weight excluding hydrogens is 324 g/mol. The van der Waals surface area contributed by atoms with Gasteiger partial charge in [0.2, 0.25) is 0 Å². The van der Waals surface area contributed by atoms with E-state index in [4.69, 9.17) is 18.9 Å². The van der Waals surface area contributed by atoms with E-state index in [0.29, 0.717) is 11.2 Å². The Kier molecular flexibility index (Phi) is 5.06. The molecule has 0 radical (unpaired) electrons. The van der Waals surface area contributed by atoms with E-state index in [1.54, 1.807) is 0 Å². The maximum absolute atomic E-state index is 10.8. The highest BCUT2D eigenvalue weighted by atomic mass is 32.2. The predicted molar refractivity (Wildman–Crippen MR) is 88.1 cm³/mol. The molecule has 0 aromatic carbocycles. The number of rotatable bonds is 3. The monoisotopic (exact) mass is 350 g/mol. The average molecular weight is 351 g/mol. The summed E-state index contributed by atoms with van der Waals surface area (Å²) in [6.45, 7) is 7.91. The first-order chi connectivity index (χ1) is 10.3. The summed E-state index contributed by atoms with van der Waals surface area (Å²) >= 11 is 3.80. The molecule has 3 aliphatic heterocycles. The van der Waals surface area contributed by atoms with Crippen molar-refractivity contribution < 1.29 is 24.1 Å². The molecule has 3 aliphatic rings. The topological polar surface area (TPSA) is 57.2 Å². The Morgan fingerprint density at radius 1 is 1.00 bits per heavy atom. The molecule has 0 spiro atoms. The van der Waals surface area contributed by atoms with Crippen LogP contribution in [-0.4, -0.2) is 63.8 Å². The van der Waals surface area contributed by atoms with Gasteiger partial charge < -0.3 is 24.1 Å². The van der Waals surface area contributed by atoms with Gasteiger partial charge in [-0.25, -0.2) is 0 Å². The van der Waals surface area contributed by atoms with Gasteiger partial charge in [0.25, 0.3) is 0 Å². The van der Waals surface area contributed by atoms with Crippen LogP contribution in [0.4, 0.5) is 0 Å². The molecule has 4 atom stereocenters. The lowest BCUT2D eigenvalue weighted by molar-refractivity contribution is -0.178. The van der Waals surface area contributed by atoms with Crippen LogP contribution in [0.25, 0.3) is 0 Å². The molecule has 0 aromatic rings. The van der Waals surface area contributed by atoms with Crippen molar-refractivity contribution in [3.63, 3.8) is 0 Å². The van der Waals surface area contributed by atoms with Gasteiger partial charge in [-0.15, -0.1) is 23.5 Å². The lowest BCUT2D eigenvalue weighted by atomic mass is 10.0. The Morgan fingerprint density at radius 2 is 1.68 bits per heavy atom. The Bertz CT molecular complexity index is 397. The van der Waals surface area contributed by atoms with E-state index in [1.807, 2.05) is 51.2 Å². The molecule has 7 heteroatoms. The van der Waals surface area contributed by atoms with E-state index in [-0.39, 0.29) is 18.3 Å². The quantitative estimate of drug-likeness (QED) is 0.837. The van der Waals surface area contributed by atoms with Crippen LogP contribution in [0.15, 0.2) is 0 Å². The second-order valence-electron chi connectivity index (χ2n) is 6.89. The van der Waals surface area contributed by atoms with Gasteiger partial charge in [-0.05, 0) is 45.6 Å². The Hall–Kier alpha value is 0.500. The number of thioether (sulfide) groups is 2. The number of hydrogen-bond donors (Lipinski definition) is 1. The number of hydrogen-bond acceptors (Lipinski definition) is 7.